The molecule has 0 aliphatic carbocycles. The van der Waals surface area contributed by atoms with Gasteiger partial charge in [0.15, 0.2) is 5.82 Å². The van der Waals surface area contributed by atoms with Crippen molar-refractivity contribution in [3.05, 3.63) is 41.9 Å². The van der Waals surface area contributed by atoms with Gasteiger partial charge in [-0.3, -0.25) is 4.79 Å². The predicted molar refractivity (Wildman–Crippen MR) is 84.8 cm³/mol. The van der Waals surface area contributed by atoms with Crippen LogP contribution < -0.4 is 4.90 Å². The first-order chi connectivity index (χ1) is 10.6. The van der Waals surface area contributed by atoms with Gasteiger partial charge >= 0.3 is 0 Å². The molecule has 1 aliphatic rings. The molecule has 3 heterocycles. The number of hydrogen-bond donors (Lipinski definition) is 1. The highest BCUT2D eigenvalue weighted by Gasteiger charge is 2.26. The van der Waals surface area contributed by atoms with Crippen LogP contribution in [0.3, 0.4) is 0 Å². The highest BCUT2D eigenvalue weighted by Crippen LogP contribution is 2.22. The lowest BCUT2D eigenvalue weighted by molar-refractivity contribution is 0.0771. The van der Waals surface area contributed by atoms with Gasteiger partial charge in [-0.25, -0.2) is 0 Å². The zero-order chi connectivity index (χ0) is 15.5. The maximum Gasteiger partial charge on any atom is 0.270 e. The predicted octanol–water partition coefficient (Wildman–Crippen LogP) is 1.71. The third kappa shape index (κ3) is 3.10. The summed E-state index contributed by atoms with van der Waals surface area (Å²) in [6.07, 6.45) is 2.84. The summed E-state index contributed by atoms with van der Waals surface area (Å²) in [4.78, 5) is 19.2. The van der Waals surface area contributed by atoms with E-state index in [0.29, 0.717) is 11.6 Å². The molecule has 0 radical (unpaired) electrons. The number of aryl methyl sites for hydroxylation is 1. The fraction of sp³-hybridized carbons (Fsp3) is 0.438. The van der Waals surface area contributed by atoms with E-state index < -0.39 is 0 Å². The first-order valence-electron chi connectivity index (χ1n) is 7.57. The molecule has 1 saturated heterocycles. The Labute approximate surface area is 130 Å². The van der Waals surface area contributed by atoms with E-state index in [2.05, 4.69) is 20.1 Å². The molecule has 1 N–H and O–H groups in total. The van der Waals surface area contributed by atoms with Crippen LogP contribution in [-0.2, 0) is 0 Å². The second-order valence-corrected chi connectivity index (χ2v) is 5.90. The average Bonchev–Trinajstić information content (AvgIpc) is 3.18. The second-order valence-electron chi connectivity index (χ2n) is 5.90. The smallest absolute Gasteiger partial charge is 0.270 e. The largest absolute Gasteiger partial charge is 0.357 e. The van der Waals surface area contributed by atoms with E-state index in [1.807, 2.05) is 38.2 Å². The van der Waals surface area contributed by atoms with Gasteiger partial charge in [0.25, 0.3) is 5.91 Å². The SMILES string of the molecule is Cc1ccc(N2CCC(CN(C)C(=O)c3ccc[nH]3)C2)nn1. The van der Waals surface area contributed by atoms with E-state index in [-0.39, 0.29) is 5.91 Å². The Morgan fingerprint density at radius 2 is 2.27 bits per heavy atom. The van der Waals surface area contributed by atoms with Gasteiger partial charge < -0.3 is 14.8 Å². The number of aromatic amines is 1. The third-order valence-electron chi connectivity index (χ3n) is 4.10. The Morgan fingerprint density at radius 1 is 1.41 bits per heavy atom. The number of H-pyrrole nitrogens is 1. The average molecular weight is 299 g/mol. The molecule has 2 aromatic rings. The van der Waals surface area contributed by atoms with Crippen molar-refractivity contribution in [2.75, 3.05) is 31.6 Å². The molecule has 0 saturated carbocycles. The molecule has 116 valence electrons. The first kappa shape index (κ1) is 14.6. The summed E-state index contributed by atoms with van der Waals surface area (Å²) in [5, 5.41) is 8.35. The van der Waals surface area contributed by atoms with E-state index >= 15 is 0 Å². The molecule has 0 bridgehead atoms. The van der Waals surface area contributed by atoms with Crippen molar-refractivity contribution in [3.63, 3.8) is 0 Å². The van der Waals surface area contributed by atoms with Crippen molar-refractivity contribution >= 4 is 11.7 Å². The number of hydrogen-bond acceptors (Lipinski definition) is 4. The van der Waals surface area contributed by atoms with Crippen LogP contribution in [0.4, 0.5) is 5.82 Å². The van der Waals surface area contributed by atoms with Crippen LogP contribution in [0, 0.1) is 12.8 Å². The number of carbonyl (C=O) groups is 1. The number of carbonyl (C=O) groups excluding carboxylic acids is 1. The Balaban J connectivity index is 1.56. The van der Waals surface area contributed by atoms with Gasteiger partial charge in [0.2, 0.25) is 0 Å². The Bertz CT molecular complexity index is 622. The first-order valence-corrected chi connectivity index (χ1v) is 7.57. The van der Waals surface area contributed by atoms with Crippen LogP contribution in [0.1, 0.15) is 22.6 Å². The standard InChI is InChI=1S/C16H21N5O/c1-12-5-6-15(19-18-12)21-9-7-13(11-21)10-20(2)16(22)14-4-3-8-17-14/h3-6,8,13,17H,7,9-11H2,1-2H3. The van der Waals surface area contributed by atoms with Crippen LogP contribution in [0.15, 0.2) is 30.5 Å². The number of nitrogens with one attached hydrogen (secondary N) is 1. The van der Waals surface area contributed by atoms with E-state index in [0.717, 1.165) is 37.6 Å². The van der Waals surface area contributed by atoms with Gasteiger partial charge in [0.05, 0.1) is 5.69 Å². The van der Waals surface area contributed by atoms with Crippen LogP contribution in [0.5, 0.6) is 0 Å². The molecule has 6 heteroatoms. The van der Waals surface area contributed by atoms with Gasteiger partial charge in [-0.05, 0) is 43.5 Å². The molecule has 0 aromatic carbocycles. The molecule has 22 heavy (non-hydrogen) atoms. The van der Waals surface area contributed by atoms with E-state index in [4.69, 9.17) is 0 Å². The number of amides is 1. The molecule has 6 nitrogen and oxygen atoms in total. The van der Waals surface area contributed by atoms with Crippen molar-refractivity contribution < 1.29 is 4.79 Å². The van der Waals surface area contributed by atoms with Crippen LogP contribution >= 0.6 is 0 Å². The molecule has 1 atom stereocenters. The van der Waals surface area contributed by atoms with Crippen molar-refractivity contribution in [1.29, 1.82) is 0 Å². The molecule has 1 unspecified atom stereocenters. The van der Waals surface area contributed by atoms with Crippen LogP contribution in [0.25, 0.3) is 0 Å². The Hall–Kier alpha value is -2.37. The van der Waals surface area contributed by atoms with Crippen LogP contribution in [-0.4, -0.2) is 52.7 Å². The van der Waals surface area contributed by atoms with E-state index in [1.165, 1.54) is 0 Å². The molecule has 0 spiro atoms. The fourth-order valence-corrected chi connectivity index (χ4v) is 2.89. The molecular formula is C16H21N5O. The molecule has 1 fully saturated rings. The number of anilines is 1. The summed E-state index contributed by atoms with van der Waals surface area (Å²) >= 11 is 0. The highest BCUT2D eigenvalue weighted by molar-refractivity contribution is 5.92. The summed E-state index contributed by atoms with van der Waals surface area (Å²) in [5.41, 5.74) is 1.57. The van der Waals surface area contributed by atoms with Crippen molar-refractivity contribution in [1.82, 2.24) is 20.1 Å². The molecule has 3 rings (SSSR count). The summed E-state index contributed by atoms with van der Waals surface area (Å²) in [5.74, 6) is 1.43. The molecule has 1 aliphatic heterocycles. The maximum atomic E-state index is 12.2. The lowest BCUT2D eigenvalue weighted by Gasteiger charge is -2.21. The lowest BCUT2D eigenvalue weighted by atomic mass is 10.1. The highest BCUT2D eigenvalue weighted by atomic mass is 16.2. The zero-order valence-electron chi connectivity index (χ0n) is 13.0. The molecular weight excluding hydrogens is 278 g/mol. The summed E-state index contributed by atoms with van der Waals surface area (Å²) in [7, 11) is 1.86. The van der Waals surface area contributed by atoms with E-state index in [1.54, 1.807) is 11.1 Å². The number of nitrogens with zero attached hydrogens (tertiary/aromatic N) is 4. The normalized spacial score (nSPS) is 17.7. The summed E-state index contributed by atoms with van der Waals surface area (Å²) < 4.78 is 0. The quantitative estimate of drug-likeness (QED) is 0.933. The number of rotatable bonds is 4. The molecule has 2 aromatic heterocycles. The van der Waals surface area contributed by atoms with Gasteiger partial charge in [0, 0.05) is 32.9 Å². The minimum Gasteiger partial charge on any atom is -0.357 e. The minimum absolute atomic E-state index is 0.0403. The fourth-order valence-electron chi connectivity index (χ4n) is 2.89. The summed E-state index contributed by atoms with van der Waals surface area (Å²) in [6, 6.07) is 7.64. The van der Waals surface area contributed by atoms with Crippen molar-refractivity contribution in [2.24, 2.45) is 5.92 Å². The summed E-state index contributed by atoms with van der Waals surface area (Å²) in [6.45, 7) is 4.57. The van der Waals surface area contributed by atoms with Crippen LogP contribution in [0.2, 0.25) is 0 Å². The monoisotopic (exact) mass is 299 g/mol. The molecule has 1 amide bonds. The number of aromatic nitrogens is 3. The topological polar surface area (TPSA) is 65.1 Å². The van der Waals surface area contributed by atoms with Crippen molar-refractivity contribution in [3.8, 4) is 0 Å². The van der Waals surface area contributed by atoms with E-state index in [9.17, 15) is 4.79 Å². The minimum atomic E-state index is 0.0403. The van der Waals surface area contributed by atoms with Gasteiger partial charge in [-0.2, -0.15) is 5.10 Å². The maximum absolute atomic E-state index is 12.2. The third-order valence-corrected chi connectivity index (χ3v) is 4.10. The van der Waals surface area contributed by atoms with Gasteiger partial charge in [-0.1, -0.05) is 0 Å². The van der Waals surface area contributed by atoms with Gasteiger partial charge in [-0.15, -0.1) is 5.10 Å². The Morgan fingerprint density at radius 3 is 2.95 bits per heavy atom. The van der Waals surface area contributed by atoms with Gasteiger partial charge in [0.1, 0.15) is 5.69 Å². The zero-order valence-corrected chi connectivity index (χ0v) is 13.0. The Kier molecular flexibility index (Phi) is 4.09. The lowest BCUT2D eigenvalue weighted by Crippen LogP contribution is -2.33. The van der Waals surface area contributed by atoms with Crippen molar-refractivity contribution in [2.45, 2.75) is 13.3 Å². The second kappa shape index (κ2) is 6.17.